The normalized spacial score (nSPS) is 9.95. The largest absolute Gasteiger partial charge is 0.359 e. The van der Waals surface area contributed by atoms with E-state index in [1.807, 2.05) is 0 Å². The fraction of sp³-hybridized carbons (Fsp3) is 0.357. The molecule has 0 aliphatic rings. The van der Waals surface area contributed by atoms with Crippen LogP contribution >= 0.6 is 21.6 Å². The second-order valence-corrected chi connectivity index (χ2v) is 6.77. The molecule has 7 heteroatoms. The van der Waals surface area contributed by atoms with Crippen LogP contribution in [0.15, 0.2) is 24.3 Å². The molecule has 0 saturated heterocycles. The van der Waals surface area contributed by atoms with Crippen molar-refractivity contribution in [3.05, 3.63) is 35.4 Å². The third kappa shape index (κ3) is 7.19. The third-order valence-electron chi connectivity index (χ3n) is 2.55. The first-order valence-electron chi connectivity index (χ1n) is 6.46. The molecule has 0 saturated carbocycles. The Morgan fingerprint density at radius 1 is 1.14 bits per heavy atom. The number of nitrogens with one attached hydrogen (secondary N) is 2. The van der Waals surface area contributed by atoms with E-state index in [0.29, 0.717) is 24.1 Å². The van der Waals surface area contributed by atoms with E-state index in [1.54, 1.807) is 52.9 Å². The van der Waals surface area contributed by atoms with Crippen molar-refractivity contribution in [2.75, 3.05) is 25.1 Å². The van der Waals surface area contributed by atoms with Gasteiger partial charge in [-0.3, -0.25) is 14.4 Å². The van der Waals surface area contributed by atoms with Crippen molar-refractivity contribution in [1.29, 1.82) is 0 Å². The molecule has 0 unspecified atom stereocenters. The summed E-state index contributed by atoms with van der Waals surface area (Å²) in [5.41, 5.74) is 1.09. The molecule has 1 rings (SSSR count). The van der Waals surface area contributed by atoms with Gasteiger partial charge >= 0.3 is 0 Å². The summed E-state index contributed by atoms with van der Waals surface area (Å²) in [6, 6.07) is 6.49. The van der Waals surface area contributed by atoms with E-state index in [1.165, 1.54) is 0 Å². The molecule has 0 spiro atoms. The van der Waals surface area contributed by atoms with Gasteiger partial charge in [-0.05, 0) is 12.1 Å². The average molecular weight is 326 g/mol. The quantitative estimate of drug-likeness (QED) is 0.411. The van der Waals surface area contributed by atoms with Crippen LogP contribution in [0.2, 0.25) is 0 Å². The van der Waals surface area contributed by atoms with Gasteiger partial charge in [-0.25, -0.2) is 0 Å². The standard InChI is InChI=1S/C14H18N2O3S2/c1-15-13(18)6-8-20-21-9-7-16-14(19)12-4-2-11(10-17)3-5-12/h2-5,10H,6-9H2,1H3,(H,15,18)(H,16,19). The minimum absolute atomic E-state index is 0.0372. The molecule has 0 aromatic heterocycles. The Hall–Kier alpha value is -1.47. The van der Waals surface area contributed by atoms with Gasteiger partial charge in [0.2, 0.25) is 5.91 Å². The summed E-state index contributed by atoms with van der Waals surface area (Å²) in [5, 5.41) is 5.37. The Morgan fingerprint density at radius 2 is 1.81 bits per heavy atom. The Bertz CT molecular complexity index is 478. The van der Waals surface area contributed by atoms with Crippen LogP contribution in [-0.4, -0.2) is 43.2 Å². The lowest BCUT2D eigenvalue weighted by atomic mass is 10.1. The Morgan fingerprint density at radius 3 is 2.43 bits per heavy atom. The molecule has 1 aromatic rings. The van der Waals surface area contributed by atoms with Crippen molar-refractivity contribution in [2.45, 2.75) is 6.42 Å². The Labute approximate surface area is 132 Å². The molecule has 114 valence electrons. The van der Waals surface area contributed by atoms with E-state index in [-0.39, 0.29) is 11.8 Å². The lowest BCUT2D eigenvalue weighted by molar-refractivity contribution is -0.120. The molecule has 0 aliphatic carbocycles. The predicted octanol–water partition coefficient (Wildman–Crippen LogP) is 1.75. The fourth-order valence-corrected chi connectivity index (χ4v) is 3.30. The van der Waals surface area contributed by atoms with E-state index in [4.69, 9.17) is 0 Å². The molecule has 0 radical (unpaired) electrons. The van der Waals surface area contributed by atoms with Gasteiger partial charge in [0.05, 0.1) is 0 Å². The molecule has 0 fully saturated rings. The number of benzene rings is 1. The lowest BCUT2D eigenvalue weighted by Crippen LogP contribution is -2.25. The third-order valence-corrected chi connectivity index (χ3v) is 4.96. The average Bonchev–Trinajstić information content (AvgIpc) is 2.53. The zero-order chi connectivity index (χ0) is 15.5. The fourth-order valence-electron chi connectivity index (χ4n) is 1.40. The van der Waals surface area contributed by atoms with Gasteiger partial charge in [0.1, 0.15) is 6.29 Å². The molecule has 5 nitrogen and oxygen atoms in total. The summed E-state index contributed by atoms with van der Waals surface area (Å²) in [4.78, 5) is 33.3. The highest BCUT2D eigenvalue weighted by Crippen LogP contribution is 2.20. The van der Waals surface area contributed by atoms with Crippen LogP contribution in [0.4, 0.5) is 0 Å². The summed E-state index contributed by atoms with van der Waals surface area (Å²) < 4.78 is 0. The molecular weight excluding hydrogens is 308 g/mol. The second kappa shape index (κ2) is 10.3. The number of hydrogen-bond donors (Lipinski definition) is 2. The van der Waals surface area contributed by atoms with Crippen LogP contribution in [0.1, 0.15) is 27.1 Å². The summed E-state index contributed by atoms with van der Waals surface area (Å²) >= 11 is 0. The highest BCUT2D eigenvalue weighted by Gasteiger charge is 2.04. The zero-order valence-corrected chi connectivity index (χ0v) is 13.4. The van der Waals surface area contributed by atoms with Gasteiger partial charge in [-0.15, -0.1) is 0 Å². The molecule has 0 heterocycles. The van der Waals surface area contributed by atoms with Gasteiger partial charge < -0.3 is 10.6 Å². The molecule has 2 amide bonds. The number of carbonyl (C=O) groups is 3. The van der Waals surface area contributed by atoms with Crippen molar-refractivity contribution in [2.24, 2.45) is 0 Å². The van der Waals surface area contributed by atoms with Crippen molar-refractivity contribution < 1.29 is 14.4 Å². The molecule has 1 aromatic carbocycles. The molecule has 21 heavy (non-hydrogen) atoms. The monoisotopic (exact) mass is 326 g/mol. The highest BCUT2D eigenvalue weighted by molar-refractivity contribution is 8.76. The number of aldehydes is 1. The number of rotatable bonds is 9. The maximum absolute atomic E-state index is 11.8. The molecular formula is C14H18N2O3S2. The summed E-state index contributed by atoms with van der Waals surface area (Å²) in [6.45, 7) is 0.561. The van der Waals surface area contributed by atoms with E-state index in [2.05, 4.69) is 10.6 Å². The molecule has 0 bridgehead atoms. The molecule has 0 aliphatic heterocycles. The number of hydrogen-bond acceptors (Lipinski definition) is 5. The summed E-state index contributed by atoms with van der Waals surface area (Å²) in [5.74, 6) is 1.42. The van der Waals surface area contributed by atoms with Gasteiger partial charge in [-0.2, -0.15) is 0 Å². The first-order chi connectivity index (χ1) is 10.2. The van der Waals surface area contributed by atoms with E-state index < -0.39 is 0 Å². The summed E-state index contributed by atoms with van der Waals surface area (Å²) in [6.07, 6.45) is 1.25. The van der Waals surface area contributed by atoms with Gasteiger partial charge in [0.25, 0.3) is 5.91 Å². The van der Waals surface area contributed by atoms with Crippen LogP contribution in [0.25, 0.3) is 0 Å². The summed E-state index contributed by atoms with van der Waals surface area (Å²) in [7, 11) is 4.86. The van der Waals surface area contributed by atoms with Crippen LogP contribution in [0.5, 0.6) is 0 Å². The van der Waals surface area contributed by atoms with Gasteiger partial charge in [0, 0.05) is 42.6 Å². The van der Waals surface area contributed by atoms with E-state index in [9.17, 15) is 14.4 Å². The maximum Gasteiger partial charge on any atom is 0.251 e. The van der Waals surface area contributed by atoms with Gasteiger partial charge in [0.15, 0.2) is 0 Å². The first-order valence-corrected chi connectivity index (χ1v) is 8.94. The van der Waals surface area contributed by atoms with Crippen LogP contribution < -0.4 is 10.6 Å². The van der Waals surface area contributed by atoms with Crippen LogP contribution in [-0.2, 0) is 4.79 Å². The maximum atomic E-state index is 11.8. The smallest absolute Gasteiger partial charge is 0.251 e. The van der Waals surface area contributed by atoms with Crippen LogP contribution in [0, 0.1) is 0 Å². The minimum Gasteiger partial charge on any atom is -0.359 e. The zero-order valence-electron chi connectivity index (χ0n) is 11.8. The molecule has 2 N–H and O–H groups in total. The lowest BCUT2D eigenvalue weighted by Gasteiger charge is -2.05. The topological polar surface area (TPSA) is 75.3 Å². The number of carbonyl (C=O) groups excluding carboxylic acids is 3. The number of amides is 2. The van der Waals surface area contributed by atoms with Crippen molar-refractivity contribution >= 4 is 39.7 Å². The Kier molecular flexibility index (Phi) is 8.61. The Balaban J connectivity index is 2.13. The first kappa shape index (κ1) is 17.6. The van der Waals surface area contributed by atoms with Crippen molar-refractivity contribution in [1.82, 2.24) is 10.6 Å². The predicted molar refractivity (Wildman–Crippen MR) is 87.8 cm³/mol. The van der Waals surface area contributed by atoms with Crippen molar-refractivity contribution in [3.63, 3.8) is 0 Å². The highest BCUT2D eigenvalue weighted by atomic mass is 33.1. The molecule has 0 atom stereocenters. The minimum atomic E-state index is -0.150. The van der Waals surface area contributed by atoms with Crippen molar-refractivity contribution in [3.8, 4) is 0 Å². The SMILES string of the molecule is CNC(=O)CCSSCCNC(=O)c1ccc(C=O)cc1. The van der Waals surface area contributed by atoms with E-state index >= 15 is 0 Å². The van der Waals surface area contributed by atoms with E-state index in [0.717, 1.165) is 17.8 Å². The van der Waals surface area contributed by atoms with Crippen LogP contribution in [0.3, 0.4) is 0 Å². The second-order valence-electron chi connectivity index (χ2n) is 4.06. The van der Waals surface area contributed by atoms with Gasteiger partial charge in [-0.1, -0.05) is 33.7 Å².